The van der Waals surface area contributed by atoms with Crippen molar-refractivity contribution in [1.82, 2.24) is 10.2 Å². The summed E-state index contributed by atoms with van der Waals surface area (Å²) in [4.78, 5) is 14.3. The van der Waals surface area contributed by atoms with Gasteiger partial charge in [-0.2, -0.15) is 0 Å². The van der Waals surface area contributed by atoms with Gasteiger partial charge in [0.1, 0.15) is 5.75 Å². The third kappa shape index (κ3) is 4.99. The molecule has 5 heteroatoms. The first-order valence-corrected chi connectivity index (χ1v) is 9.43. The normalized spacial score (nSPS) is 17.2. The predicted molar refractivity (Wildman–Crippen MR) is 105 cm³/mol. The van der Waals surface area contributed by atoms with Crippen LogP contribution in [0.2, 0.25) is 5.02 Å². The Hall–Kier alpha value is -2.04. The molecular formula is C21H25ClN2O2. The zero-order valence-electron chi connectivity index (χ0n) is 15.1. The molecule has 0 spiro atoms. The van der Waals surface area contributed by atoms with Crippen LogP contribution in [0.1, 0.15) is 23.5 Å². The summed E-state index contributed by atoms with van der Waals surface area (Å²) < 4.78 is 5.45. The summed E-state index contributed by atoms with van der Waals surface area (Å²) in [7, 11) is 0. The number of carbonyl (C=O) groups is 1. The molecule has 1 aliphatic heterocycles. The van der Waals surface area contributed by atoms with E-state index in [2.05, 4.69) is 41.4 Å². The number of amides is 1. The largest absolute Gasteiger partial charge is 0.482 e. The number of nitrogens with one attached hydrogen (secondary N) is 1. The number of hydrogen-bond acceptors (Lipinski definition) is 3. The third-order valence-corrected chi connectivity index (χ3v) is 5.16. The van der Waals surface area contributed by atoms with Crippen molar-refractivity contribution >= 4 is 17.5 Å². The van der Waals surface area contributed by atoms with Crippen LogP contribution >= 0.6 is 11.6 Å². The van der Waals surface area contributed by atoms with Crippen LogP contribution in [0.25, 0.3) is 0 Å². The molecule has 0 bridgehead atoms. The fraction of sp³-hybridized carbons (Fsp3) is 0.381. The number of rotatable bonds is 7. The van der Waals surface area contributed by atoms with Gasteiger partial charge in [-0.15, -0.1) is 0 Å². The van der Waals surface area contributed by atoms with Crippen LogP contribution in [0.5, 0.6) is 5.75 Å². The van der Waals surface area contributed by atoms with Gasteiger partial charge in [-0.05, 0) is 49.1 Å². The van der Waals surface area contributed by atoms with Crippen molar-refractivity contribution in [3.8, 4) is 5.75 Å². The van der Waals surface area contributed by atoms with Crippen LogP contribution < -0.4 is 10.1 Å². The number of hydrogen-bond donors (Lipinski definition) is 1. The molecule has 1 aliphatic rings. The van der Waals surface area contributed by atoms with E-state index in [0.717, 1.165) is 19.6 Å². The summed E-state index contributed by atoms with van der Waals surface area (Å²) in [5, 5.41) is 3.43. The lowest BCUT2D eigenvalue weighted by Gasteiger charge is -2.17. The highest BCUT2D eigenvalue weighted by molar-refractivity contribution is 6.32. The van der Waals surface area contributed by atoms with Gasteiger partial charge >= 0.3 is 0 Å². The molecular weight excluding hydrogens is 348 g/mol. The van der Waals surface area contributed by atoms with E-state index in [0.29, 0.717) is 23.2 Å². The Morgan fingerprint density at radius 1 is 1.23 bits per heavy atom. The molecule has 1 heterocycles. The summed E-state index contributed by atoms with van der Waals surface area (Å²) in [6.45, 7) is 5.78. The number of halogens is 1. The van der Waals surface area contributed by atoms with Crippen molar-refractivity contribution in [2.45, 2.75) is 19.3 Å². The number of benzene rings is 2. The topological polar surface area (TPSA) is 41.6 Å². The monoisotopic (exact) mass is 372 g/mol. The van der Waals surface area contributed by atoms with E-state index >= 15 is 0 Å². The van der Waals surface area contributed by atoms with Gasteiger partial charge in [0.05, 0.1) is 5.02 Å². The van der Waals surface area contributed by atoms with E-state index in [1.165, 1.54) is 17.5 Å². The first kappa shape index (κ1) is 18.7. The molecule has 0 saturated carbocycles. The second-order valence-corrected chi connectivity index (χ2v) is 7.12. The lowest BCUT2D eigenvalue weighted by molar-refractivity contribution is -0.123. The highest BCUT2D eigenvalue weighted by Gasteiger charge is 2.24. The fourth-order valence-electron chi connectivity index (χ4n) is 3.44. The number of para-hydroxylation sites is 1. The Morgan fingerprint density at radius 3 is 2.81 bits per heavy atom. The molecule has 2 aromatic rings. The lowest BCUT2D eigenvalue weighted by atomic mass is 9.94. The number of likely N-dealkylation sites (tertiary alicyclic amines) is 1. The summed E-state index contributed by atoms with van der Waals surface area (Å²) in [5.41, 5.74) is 2.82. The highest BCUT2D eigenvalue weighted by atomic mass is 35.5. The van der Waals surface area contributed by atoms with E-state index in [9.17, 15) is 4.79 Å². The summed E-state index contributed by atoms with van der Waals surface area (Å²) in [5.74, 6) is 1.000. The summed E-state index contributed by atoms with van der Waals surface area (Å²) in [6.07, 6.45) is 1.18. The second-order valence-electron chi connectivity index (χ2n) is 6.71. The molecule has 1 saturated heterocycles. The Morgan fingerprint density at radius 2 is 2.00 bits per heavy atom. The molecule has 26 heavy (non-hydrogen) atoms. The molecule has 4 nitrogen and oxygen atoms in total. The van der Waals surface area contributed by atoms with Crippen molar-refractivity contribution in [3.05, 3.63) is 64.7 Å². The molecule has 3 rings (SSSR count). The maximum atomic E-state index is 11.9. The Kier molecular flexibility index (Phi) is 6.53. The number of ether oxygens (including phenoxy) is 1. The zero-order valence-corrected chi connectivity index (χ0v) is 15.8. The van der Waals surface area contributed by atoms with Crippen molar-refractivity contribution in [2.24, 2.45) is 0 Å². The van der Waals surface area contributed by atoms with Crippen molar-refractivity contribution in [3.63, 3.8) is 0 Å². The van der Waals surface area contributed by atoms with Crippen LogP contribution in [0.4, 0.5) is 0 Å². The predicted octanol–water partition coefficient (Wildman–Crippen LogP) is 3.63. The standard InChI is InChI=1S/C21H25ClN2O2/c1-16-6-2-3-7-18(16)17-10-12-24(14-17)13-11-23-21(25)15-26-20-9-5-4-8-19(20)22/h2-9,17H,10-15H2,1H3,(H,23,25)/t17-/m0/s1. The average molecular weight is 373 g/mol. The minimum Gasteiger partial charge on any atom is -0.482 e. The Labute approximate surface area is 160 Å². The van der Waals surface area contributed by atoms with Crippen LogP contribution in [0.15, 0.2) is 48.5 Å². The van der Waals surface area contributed by atoms with E-state index < -0.39 is 0 Å². The van der Waals surface area contributed by atoms with Crippen molar-refractivity contribution < 1.29 is 9.53 Å². The van der Waals surface area contributed by atoms with Gasteiger partial charge in [0.15, 0.2) is 6.61 Å². The summed E-state index contributed by atoms with van der Waals surface area (Å²) >= 11 is 6.01. The quantitative estimate of drug-likeness (QED) is 0.806. The first-order valence-electron chi connectivity index (χ1n) is 9.05. The molecule has 138 valence electrons. The molecule has 2 aromatic carbocycles. The van der Waals surface area contributed by atoms with Crippen LogP contribution in [0.3, 0.4) is 0 Å². The van der Waals surface area contributed by atoms with E-state index in [1.807, 2.05) is 12.1 Å². The van der Waals surface area contributed by atoms with Crippen LogP contribution in [-0.4, -0.2) is 43.6 Å². The Balaban J connectivity index is 1.37. The van der Waals surface area contributed by atoms with Crippen molar-refractivity contribution in [2.75, 3.05) is 32.8 Å². The average Bonchev–Trinajstić information content (AvgIpc) is 3.10. The molecule has 1 amide bonds. The van der Waals surface area contributed by atoms with Crippen molar-refractivity contribution in [1.29, 1.82) is 0 Å². The maximum absolute atomic E-state index is 11.9. The number of aryl methyl sites for hydroxylation is 1. The van der Waals surface area contributed by atoms with Gasteiger partial charge < -0.3 is 15.0 Å². The second kappa shape index (κ2) is 9.06. The fourth-order valence-corrected chi connectivity index (χ4v) is 3.63. The van der Waals surface area contributed by atoms with Gasteiger partial charge in [-0.1, -0.05) is 48.0 Å². The smallest absolute Gasteiger partial charge is 0.257 e. The van der Waals surface area contributed by atoms with Gasteiger partial charge in [0.2, 0.25) is 0 Å². The van der Waals surface area contributed by atoms with E-state index in [4.69, 9.17) is 16.3 Å². The third-order valence-electron chi connectivity index (χ3n) is 4.85. The minimum atomic E-state index is -0.125. The zero-order chi connectivity index (χ0) is 18.4. The molecule has 0 aromatic heterocycles. The van der Waals surface area contributed by atoms with Crippen LogP contribution in [-0.2, 0) is 4.79 Å². The molecule has 0 radical (unpaired) electrons. The van der Waals surface area contributed by atoms with E-state index in [1.54, 1.807) is 12.1 Å². The SMILES string of the molecule is Cc1ccccc1[C@H]1CCN(CCNC(=O)COc2ccccc2Cl)C1. The first-order chi connectivity index (χ1) is 12.6. The van der Waals surface area contributed by atoms with E-state index in [-0.39, 0.29) is 12.5 Å². The lowest BCUT2D eigenvalue weighted by Crippen LogP contribution is -2.36. The molecule has 0 aliphatic carbocycles. The maximum Gasteiger partial charge on any atom is 0.257 e. The molecule has 0 unspecified atom stereocenters. The number of nitrogens with zero attached hydrogens (tertiary/aromatic N) is 1. The molecule has 1 N–H and O–H groups in total. The number of carbonyl (C=O) groups excluding carboxylic acids is 1. The van der Waals surface area contributed by atoms with Gasteiger partial charge in [-0.25, -0.2) is 0 Å². The minimum absolute atomic E-state index is 0.0183. The summed E-state index contributed by atoms with van der Waals surface area (Å²) in [6, 6.07) is 15.8. The molecule has 1 fully saturated rings. The molecule has 1 atom stereocenters. The van der Waals surface area contributed by atoms with Gasteiger partial charge in [0, 0.05) is 19.6 Å². The van der Waals surface area contributed by atoms with Gasteiger partial charge in [0.25, 0.3) is 5.91 Å². The Bertz CT molecular complexity index is 750. The van der Waals surface area contributed by atoms with Crippen LogP contribution in [0, 0.1) is 6.92 Å². The highest BCUT2D eigenvalue weighted by Crippen LogP contribution is 2.28. The van der Waals surface area contributed by atoms with Gasteiger partial charge in [-0.3, -0.25) is 4.79 Å².